The van der Waals surface area contributed by atoms with Gasteiger partial charge in [-0.05, 0) is 70.4 Å². The Hall–Kier alpha value is -3.97. The normalized spacial score (nSPS) is 18.5. The number of nitriles is 1. The standard InChI is InChI=1S/C30H31F2N3O5/c1-29(2,3)40-28(36)35-11-9-30(10-12-35)14-18(17-38-30)22-16-34-25-8-5-19(13-20(25)26(22)37-4)39-27-21(15-33)23(31)6-7-24(27)32/h5-8,13,16,18H,9-12,14,17H2,1-4H3/t18-/m1/s1. The van der Waals surface area contributed by atoms with Crippen LogP contribution < -0.4 is 9.47 Å². The van der Waals surface area contributed by atoms with Crippen LogP contribution in [-0.2, 0) is 9.47 Å². The summed E-state index contributed by atoms with van der Waals surface area (Å²) in [5.74, 6) is -1.38. The lowest BCUT2D eigenvalue weighted by molar-refractivity contribution is -0.0485. The predicted molar refractivity (Wildman–Crippen MR) is 143 cm³/mol. The number of carbonyl (C=O) groups excluding carboxylic acids is 1. The molecule has 5 rings (SSSR count). The van der Waals surface area contributed by atoms with Crippen LogP contribution in [0.4, 0.5) is 13.6 Å². The Morgan fingerprint density at radius 2 is 1.88 bits per heavy atom. The Labute approximate surface area is 231 Å². The number of carbonyl (C=O) groups is 1. The van der Waals surface area contributed by atoms with Gasteiger partial charge >= 0.3 is 6.09 Å². The highest BCUT2D eigenvalue weighted by Crippen LogP contribution is 2.46. The number of methoxy groups -OCH3 is 1. The first-order valence-corrected chi connectivity index (χ1v) is 13.2. The zero-order chi connectivity index (χ0) is 28.7. The first-order valence-electron chi connectivity index (χ1n) is 13.2. The van der Waals surface area contributed by atoms with Crippen molar-refractivity contribution in [2.45, 2.75) is 57.2 Å². The number of amides is 1. The van der Waals surface area contributed by atoms with E-state index in [2.05, 4.69) is 4.98 Å². The van der Waals surface area contributed by atoms with Crippen molar-refractivity contribution in [2.75, 3.05) is 26.8 Å². The molecule has 8 nitrogen and oxygen atoms in total. The van der Waals surface area contributed by atoms with Crippen molar-refractivity contribution in [1.82, 2.24) is 9.88 Å². The number of aromatic nitrogens is 1. The fourth-order valence-corrected chi connectivity index (χ4v) is 5.42. The van der Waals surface area contributed by atoms with Crippen LogP contribution in [0.5, 0.6) is 17.2 Å². The van der Waals surface area contributed by atoms with Crippen LogP contribution in [0.15, 0.2) is 36.5 Å². The van der Waals surface area contributed by atoms with Crippen LogP contribution in [0.2, 0.25) is 0 Å². The SMILES string of the molecule is COc1c([C@H]2COC3(CCN(C(=O)OC(C)(C)C)CC3)C2)cnc2ccc(Oc3c(F)ccc(F)c3C#N)cc12. The number of likely N-dealkylation sites (tertiary alicyclic amines) is 1. The van der Waals surface area contributed by atoms with Gasteiger partial charge < -0.3 is 23.8 Å². The van der Waals surface area contributed by atoms with E-state index >= 15 is 0 Å². The second kappa shape index (κ2) is 10.5. The molecule has 2 aliphatic heterocycles. The minimum absolute atomic E-state index is 0.00959. The summed E-state index contributed by atoms with van der Waals surface area (Å²) < 4.78 is 51.8. The van der Waals surface area contributed by atoms with Gasteiger partial charge in [0.2, 0.25) is 0 Å². The molecular weight excluding hydrogens is 520 g/mol. The number of ether oxygens (including phenoxy) is 4. The fourth-order valence-electron chi connectivity index (χ4n) is 5.42. The summed E-state index contributed by atoms with van der Waals surface area (Å²) in [6, 6.07) is 8.37. The number of halogens is 2. The maximum absolute atomic E-state index is 14.4. The van der Waals surface area contributed by atoms with E-state index in [9.17, 15) is 18.8 Å². The van der Waals surface area contributed by atoms with Gasteiger partial charge in [0.25, 0.3) is 0 Å². The Kier molecular flexibility index (Phi) is 7.27. The van der Waals surface area contributed by atoms with Gasteiger partial charge in [0.1, 0.15) is 34.5 Å². The molecule has 210 valence electrons. The predicted octanol–water partition coefficient (Wildman–Crippen LogP) is 6.46. The number of hydrogen-bond donors (Lipinski definition) is 0. The Balaban J connectivity index is 1.37. The summed E-state index contributed by atoms with van der Waals surface area (Å²) in [5, 5.41) is 9.93. The van der Waals surface area contributed by atoms with Crippen molar-refractivity contribution in [2.24, 2.45) is 0 Å². The highest BCUT2D eigenvalue weighted by Gasteiger charge is 2.45. The molecule has 2 saturated heterocycles. The maximum Gasteiger partial charge on any atom is 0.410 e. The molecular formula is C30H31F2N3O5. The van der Waals surface area contributed by atoms with E-state index in [1.54, 1.807) is 42.5 Å². The van der Waals surface area contributed by atoms with Gasteiger partial charge in [-0.2, -0.15) is 5.26 Å². The summed E-state index contributed by atoms with van der Waals surface area (Å²) in [6.45, 7) is 7.14. The molecule has 2 aromatic carbocycles. The topological polar surface area (TPSA) is 93.9 Å². The van der Waals surface area contributed by atoms with E-state index < -0.39 is 28.5 Å². The molecule has 0 radical (unpaired) electrons. The Morgan fingerprint density at radius 3 is 2.55 bits per heavy atom. The van der Waals surface area contributed by atoms with E-state index in [4.69, 9.17) is 18.9 Å². The number of fused-ring (bicyclic) bond motifs is 1. The van der Waals surface area contributed by atoms with Crippen molar-refractivity contribution in [3.63, 3.8) is 0 Å². The first-order chi connectivity index (χ1) is 19.0. The van der Waals surface area contributed by atoms with Crippen LogP contribution in [0.25, 0.3) is 10.9 Å². The number of nitrogens with zero attached hydrogens (tertiary/aromatic N) is 3. The summed E-state index contributed by atoms with van der Waals surface area (Å²) in [7, 11) is 1.57. The summed E-state index contributed by atoms with van der Waals surface area (Å²) >= 11 is 0. The van der Waals surface area contributed by atoms with Crippen LogP contribution in [0, 0.1) is 23.0 Å². The van der Waals surface area contributed by atoms with Gasteiger partial charge in [-0.25, -0.2) is 13.6 Å². The fraction of sp³-hybridized carbons (Fsp3) is 0.433. The monoisotopic (exact) mass is 551 g/mol. The van der Waals surface area contributed by atoms with E-state index in [0.29, 0.717) is 49.2 Å². The van der Waals surface area contributed by atoms with Crippen LogP contribution in [0.1, 0.15) is 57.1 Å². The summed E-state index contributed by atoms with van der Waals surface area (Å²) in [6.07, 6.45) is 3.62. The third kappa shape index (κ3) is 5.39. The molecule has 1 atom stereocenters. The second-order valence-electron chi connectivity index (χ2n) is 11.2. The Morgan fingerprint density at radius 1 is 1.15 bits per heavy atom. The van der Waals surface area contributed by atoms with Gasteiger partial charge in [-0.3, -0.25) is 4.98 Å². The van der Waals surface area contributed by atoms with Crippen molar-refractivity contribution in [3.8, 4) is 23.3 Å². The molecule has 0 aliphatic carbocycles. The average molecular weight is 552 g/mol. The Bertz CT molecular complexity index is 1490. The lowest BCUT2D eigenvalue weighted by Gasteiger charge is -2.39. The van der Waals surface area contributed by atoms with Crippen molar-refractivity contribution >= 4 is 17.0 Å². The van der Waals surface area contributed by atoms with E-state index in [1.165, 1.54) is 0 Å². The summed E-state index contributed by atoms with van der Waals surface area (Å²) in [5.41, 5.74) is 0.0945. The molecule has 0 N–H and O–H groups in total. The van der Waals surface area contributed by atoms with Crippen molar-refractivity contribution < 1.29 is 32.5 Å². The maximum atomic E-state index is 14.4. The highest BCUT2D eigenvalue weighted by molar-refractivity contribution is 5.87. The molecule has 40 heavy (non-hydrogen) atoms. The molecule has 2 fully saturated rings. The number of piperidine rings is 1. The lowest BCUT2D eigenvalue weighted by Crippen LogP contribution is -2.47. The van der Waals surface area contributed by atoms with E-state index in [1.807, 2.05) is 20.8 Å². The van der Waals surface area contributed by atoms with Gasteiger partial charge in [-0.15, -0.1) is 0 Å². The molecule has 0 saturated carbocycles. The first kappa shape index (κ1) is 27.6. The number of pyridine rings is 1. The largest absolute Gasteiger partial charge is 0.496 e. The lowest BCUT2D eigenvalue weighted by atomic mass is 9.83. The molecule has 2 aliphatic rings. The van der Waals surface area contributed by atoms with Gasteiger partial charge in [0.15, 0.2) is 11.6 Å². The average Bonchev–Trinajstić information content (AvgIpc) is 3.32. The van der Waals surface area contributed by atoms with E-state index in [0.717, 1.165) is 24.1 Å². The quantitative estimate of drug-likeness (QED) is 0.367. The minimum Gasteiger partial charge on any atom is -0.496 e. The summed E-state index contributed by atoms with van der Waals surface area (Å²) in [4.78, 5) is 18.8. The number of rotatable bonds is 4. The molecule has 3 heterocycles. The van der Waals surface area contributed by atoms with Crippen molar-refractivity contribution in [1.29, 1.82) is 5.26 Å². The van der Waals surface area contributed by atoms with Gasteiger partial charge in [0, 0.05) is 36.2 Å². The van der Waals surface area contributed by atoms with Gasteiger partial charge in [-0.1, -0.05) is 0 Å². The van der Waals surface area contributed by atoms with E-state index in [-0.39, 0.29) is 23.4 Å². The third-order valence-electron chi connectivity index (χ3n) is 7.39. The zero-order valence-corrected chi connectivity index (χ0v) is 22.9. The smallest absolute Gasteiger partial charge is 0.410 e. The second-order valence-corrected chi connectivity index (χ2v) is 11.2. The van der Waals surface area contributed by atoms with Crippen molar-refractivity contribution in [3.05, 3.63) is 59.3 Å². The molecule has 1 aromatic heterocycles. The minimum atomic E-state index is -0.867. The third-order valence-corrected chi connectivity index (χ3v) is 7.39. The molecule has 10 heteroatoms. The van der Waals surface area contributed by atoms with Crippen LogP contribution in [0.3, 0.4) is 0 Å². The number of hydrogen-bond acceptors (Lipinski definition) is 7. The van der Waals surface area contributed by atoms with Crippen LogP contribution in [-0.4, -0.2) is 54.0 Å². The molecule has 0 unspecified atom stereocenters. The molecule has 0 bridgehead atoms. The van der Waals surface area contributed by atoms with Crippen LogP contribution >= 0.6 is 0 Å². The zero-order valence-electron chi connectivity index (χ0n) is 22.9. The van der Waals surface area contributed by atoms with Gasteiger partial charge in [0.05, 0.1) is 24.8 Å². The highest BCUT2D eigenvalue weighted by atomic mass is 19.1. The molecule has 3 aromatic rings. The number of benzene rings is 2. The molecule has 1 amide bonds. The molecule has 1 spiro atoms.